The normalized spacial score (nSPS) is 11.6. The third kappa shape index (κ3) is 7.13. The predicted octanol–water partition coefficient (Wildman–Crippen LogP) is 5.06. The lowest BCUT2D eigenvalue weighted by molar-refractivity contribution is -0.132. The minimum absolute atomic E-state index is 0.0727. The molecule has 0 aliphatic heterocycles. The Kier molecular flexibility index (Phi) is 8.27. The molecule has 0 aromatic heterocycles. The quantitative estimate of drug-likeness (QED) is 0.458. The van der Waals surface area contributed by atoms with Gasteiger partial charge in [-0.3, -0.25) is 9.36 Å². The summed E-state index contributed by atoms with van der Waals surface area (Å²) in [5, 5.41) is 0. The third-order valence-corrected chi connectivity index (χ3v) is 6.35. The minimum atomic E-state index is -4.42. The summed E-state index contributed by atoms with van der Waals surface area (Å²) in [6.45, 7) is 3.37. The number of carbonyl (C=O) groups is 1. The maximum atomic E-state index is 13.1. The van der Waals surface area contributed by atoms with Gasteiger partial charge in [-0.25, -0.2) is 0 Å². The number of para-hydroxylation sites is 2. The zero-order valence-electron chi connectivity index (χ0n) is 15.6. The molecule has 0 heterocycles. The molecule has 0 saturated heterocycles. The molecule has 0 amide bonds. The van der Waals surface area contributed by atoms with Crippen LogP contribution < -0.4 is 9.05 Å². The van der Waals surface area contributed by atoms with Gasteiger partial charge in [-0.05, 0) is 38.1 Å². The average Bonchev–Trinajstić information content (AvgIpc) is 2.63. The maximum absolute atomic E-state index is 13.1. The lowest BCUT2D eigenvalue weighted by Gasteiger charge is -2.20. The zero-order chi connectivity index (χ0) is 20.5. The molecular formula is C18H22O8P2. The van der Waals surface area contributed by atoms with Gasteiger partial charge in [-0.2, -0.15) is 4.57 Å². The van der Waals surface area contributed by atoms with E-state index in [1.165, 1.54) is 24.3 Å². The first-order valence-electron chi connectivity index (χ1n) is 8.58. The first-order valence-corrected chi connectivity index (χ1v) is 11.8. The van der Waals surface area contributed by atoms with E-state index < -0.39 is 27.5 Å². The number of phosphoric acid groups is 1. The Balaban J connectivity index is 2.19. The molecule has 2 rings (SSSR count). The van der Waals surface area contributed by atoms with Gasteiger partial charge in [0.15, 0.2) is 0 Å². The van der Waals surface area contributed by atoms with E-state index >= 15 is 0 Å². The Morgan fingerprint density at radius 3 is 1.61 bits per heavy atom. The van der Waals surface area contributed by atoms with Crippen LogP contribution in [0.4, 0.5) is 0 Å². The fourth-order valence-corrected chi connectivity index (χ4v) is 4.82. The van der Waals surface area contributed by atoms with Crippen molar-refractivity contribution in [2.75, 3.05) is 19.4 Å². The zero-order valence-corrected chi connectivity index (χ0v) is 17.3. The second-order valence-corrected chi connectivity index (χ2v) is 8.82. The molecule has 0 aliphatic rings. The Labute approximate surface area is 163 Å². The fraction of sp³-hybridized carbons (Fsp3) is 0.278. The molecule has 2 aromatic rings. The summed E-state index contributed by atoms with van der Waals surface area (Å²) in [5.74, 6) is -0.750. The first kappa shape index (κ1) is 22.2. The van der Waals surface area contributed by atoms with Crippen molar-refractivity contribution in [3.63, 3.8) is 0 Å². The van der Waals surface area contributed by atoms with Gasteiger partial charge < -0.3 is 22.6 Å². The van der Waals surface area contributed by atoms with Crippen molar-refractivity contribution in [3.05, 3.63) is 60.7 Å². The van der Waals surface area contributed by atoms with Crippen LogP contribution in [0.15, 0.2) is 60.7 Å². The summed E-state index contributed by atoms with van der Waals surface area (Å²) in [6.07, 6.45) is -0.727. The summed E-state index contributed by atoms with van der Waals surface area (Å²) < 4.78 is 51.4. The van der Waals surface area contributed by atoms with E-state index in [0.717, 1.165) is 0 Å². The second kappa shape index (κ2) is 10.4. The van der Waals surface area contributed by atoms with E-state index in [1.54, 1.807) is 50.2 Å². The van der Waals surface area contributed by atoms with Crippen LogP contribution in [0.3, 0.4) is 0 Å². The Bertz CT molecular complexity index is 786. The lowest BCUT2D eigenvalue weighted by Crippen LogP contribution is -2.16. The Morgan fingerprint density at radius 1 is 0.786 bits per heavy atom. The molecule has 0 bridgehead atoms. The molecule has 10 heteroatoms. The molecule has 0 aliphatic carbocycles. The fourth-order valence-electron chi connectivity index (χ4n) is 2.11. The van der Waals surface area contributed by atoms with E-state index in [-0.39, 0.29) is 24.7 Å². The molecule has 0 N–H and O–H groups in total. The highest BCUT2D eigenvalue weighted by molar-refractivity contribution is 7.55. The molecule has 0 radical (unpaired) electrons. The van der Waals surface area contributed by atoms with E-state index in [0.29, 0.717) is 0 Å². The van der Waals surface area contributed by atoms with Crippen LogP contribution in [0.1, 0.15) is 13.8 Å². The van der Waals surface area contributed by atoms with E-state index in [4.69, 9.17) is 22.6 Å². The van der Waals surface area contributed by atoms with Gasteiger partial charge in [0, 0.05) is 0 Å². The van der Waals surface area contributed by atoms with Gasteiger partial charge in [-0.1, -0.05) is 36.4 Å². The molecule has 0 saturated carbocycles. The molecule has 8 nitrogen and oxygen atoms in total. The molecule has 0 atom stereocenters. The second-order valence-electron chi connectivity index (χ2n) is 5.32. The molecule has 28 heavy (non-hydrogen) atoms. The molecule has 152 valence electrons. The van der Waals surface area contributed by atoms with Crippen LogP contribution in [0.5, 0.6) is 11.5 Å². The number of benzene rings is 2. The standard InChI is InChI=1S/C18H22O8P2/c1-3-22-27(20,23-4-2)15-18(19)26-28(21,24-16-11-7-5-8-12-16)25-17-13-9-6-10-14-17/h5-14H,3-4,15H2,1-2H3. The monoisotopic (exact) mass is 428 g/mol. The maximum Gasteiger partial charge on any atom is 0.649 e. The average molecular weight is 428 g/mol. The summed E-state index contributed by atoms with van der Waals surface area (Å²) in [7, 11) is -8.16. The van der Waals surface area contributed by atoms with Crippen molar-refractivity contribution in [1.82, 2.24) is 0 Å². The number of phosphoric ester groups is 1. The van der Waals surface area contributed by atoms with Crippen LogP contribution in [0.2, 0.25) is 0 Å². The van der Waals surface area contributed by atoms with Crippen molar-refractivity contribution in [1.29, 1.82) is 0 Å². The summed E-state index contributed by atoms with van der Waals surface area (Å²) in [4.78, 5) is 12.3. The summed E-state index contributed by atoms with van der Waals surface area (Å²) in [6, 6.07) is 16.2. The van der Waals surface area contributed by atoms with Gasteiger partial charge >= 0.3 is 21.4 Å². The van der Waals surface area contributed by atoms with Crippen molar-refractivity contribution in [3.8, 4) is 11.5 Å². The molecule has 0 unspecified atom stereocenters. The number of carbonyl (C=O) groups excluding carboxylic acids is 1. The minimum Gasteiger partial charge on any atom is -0.386 e. The van der Waals surface area contributed by atoms with Gasteiger partial charge in [-0.15, -0.1) is 0 Å². The summed E-state index contributed by atoms with van der Waals surface area (Å²) in [5.41, 5.74) is 0. The van der Waals surface area contributed by atoms with Gasteiger partial charge in [0.05, 0.1) is 13.2 Å². The molecule has 0 fully saturated rings. The highest BCUT2D eigenvalue weighted by Crippen LogP contribution is 2.53. The molecular weight excluding hydrogens is 406 g/mol. The van der Waals surface area contributed by atoms with Crippen LogP contribution in [-0.2, 0) is 27.5 Å². The van der Waals surface area contributed by atoms with Gasteiger partial charge in [0.2, 0.25) is 0 Å². The van der Waals surface area contributed by atoms with Gasteiger partial charge in [0.1, 0.15) is 17.7 Å². The largest absolute Gasteiger partial charge is 0.649 e. The highest BCUT2D eigenvalue weighted by atomic mass is 31.2. The molecule has 2 aromatic carbocycles. The van der Waals surface area contributed by atoms with E-state index in [2.05, 4.69) is 0 Å². The van der Waals surface area contributed by atoms with Gasteiger partial charge in [0.25, 0.3) is 0 Å². The third-order valence-electron chi connectivity index (χ3n) is 3.11. The van der Waals surface area contributed by atoms with Crippen LogP contribution in [-0.4, -0.2) is 25.3 Å². The topological polar surface area (TPSA) is 97.4 Å². The van der Waals surface area contributed by atoms with Crippen molar-refractivity contribution in [2.24, 2.45) is 0 Å². The highest BCUT2D eigenvalue weighted by Gasteiger charge is 2.39. The predicted molar refractivity (Wildman–Crippen MR) is 104 cm³/mol. The summed E-state index contributed by atoms with van der Waals surface area (Å²) >= 11 is 0. The number of rotatable bonds is 11. The van der Waals surface area contributed by atoms with Crippen LogP contribution in [0, 0.1) is 0 Å². The van der Waals surface area contributed by atoms with Crippen molar-refractivity contribution in [2.45, 2.75) is 13.8 Å². The number of hydrogen-bond acceptors (Lipinski definition) is 8. The van der Waals surface area contributed by atoms with Crippen molar-refractivity contribution >= 4 is 21.4 Å². The molecule has 0 spiro atoms. The van der Waals surface area contributed by atoms with E-state index in [9.17, 15) is 13.9 Å². The van der Waals surface area contributed by atoms with Crippen LogP contribution in [0.25, 0.3) is 0 Å². The first-order chi connectivity index (χ1) is 13.4. The number of hydrogen-bond donors (Lipinski definition) is 0. The Morgan fingerprint density at radius 2 is 1.21 bits per heavy atom. The van der Waals surface area contributed by atoms with Crippen LogP contribution >= 0.6 is 15.4 Å². The SMILES string of the molecule is CCOP(=O)(CC(=O)OP(=O)(Oc1ccccc1)Oc1ccccc1)OCC. The smallest absolute Gasteiger partial charge is 0.386 e. The lowest BCUT2D eigenvalue weighted by atomic mass is 10.3. The Hall–Kier alpha value is -2.11. The van der Waals surface area contributed by atoms with Crippen molar-refractivity contribution < 1.29 is 36.5 Å². The van der Waals surface area contributed by atoms with E-state index in [1.807, 2.05) is 0 Å².